The zero-order chi connectivity index (χ0) is 16.5. The van der Waals surface area contributed by atoms with Crippen LogP contribution in [0.1, 0.15) is 63.5 Å². The van der Waals surface area contributed by atoms with Gasteiger partial charge in [-0.2, -0.15) is 0 Å². The smallest absolute Gasteiger partial charge is 0.0233 e. The second-order valence-electron chi connectivity index (χ2n) is 7.24. The number of aryl methyl sites for hydroxylation is 1. The molecule has 23 heavy (non-hydrogen) atoms. The normalized spacial score (nSPS) is 17.0. The van der Waals surface area contributed by atoms with Crippen LogP contribution < -0.4 is 0 Å². The monoisotopic (exact) mass is 316 g/mol. The van der Waals surface area contributed by atoms with Gasteiger partial charge in [0.1, 0.15) is 0 Å². The minimum Gasteiger partial charge on any atom is -0.300 e. The summed E-state index contributed by atoms with van der Waals surface area (Å²) in [7, 11) is 0. The third-order valence-electron chi connectivity index (χ3n) is 5.16. The van der Waals surface area contributed by atoms with Gasteiger partial charge >= 0.3 is 0 Å². The Kier molecular flexibility index (Phi) is 8.11. The lowest BCUT2D eigenvalue weighted by atomic mass is 10.0. The molecule has 0 aromatic heterocycles. The molecule has 0 spiro atoms. The maximum absolute atomic E-state index is 2.78. The molecule has 1 aromatic rings. The van der Waals surface area contributed by atoms with E-state index in [-0.39, 0.29) is 0 Å². The molecule has 1 saturated heterocycles. The third kappa shape index (κ3) is 6.27. The van der Waals surface area contributed by atoms with Crippen molar-refractivity contribution in [3.05, 3.63) is 35.4 Å². The molecule has 1 aliphatic rings. The molecule has 2 heteroatoms. The van der Waals surface area contributed by atoms with Gasteiger partial charge in [-0.05, 0) is 64.3 Å². The summed E-state index contributed by atoms with van der Waals surface area (Å²) in [5.74, 6) is 0. The maximum atomic E-state index is 2.78. The van der Waals surface area contributed by atoms with Gasteiger partial charge in [-0.15, -0.1) is 0 Å². The zero-order valence-electron chi connectivity index (χ0n) is 15.6. The van der Waals surface area contributed by atoms with E-state index in [1.165, 1.54) is 75.8 Å². The van der Waals surface area contributed by atoms with Crippen LogP contribution in [0.2, 0.25) is 0 Å². The molecule has 130 valence electrons. The Bertz CT molecular complexity index is 418. The summed E-state index contributed by atoms with van der Waals surface area (Å²) in [5.41, 5.74) is 2.82. The third-order valence-corrected chi connectivity index (χ3v) is 5.16. The number of benzene rings is 1. The predicted octanol–water partition coefficient (Wildman–Crippen LogP) is 4.86. The number of rotatable bonds is 9. The van der Waals surface area contributed by atoms with Crippen LogP contribution in [0.3, 0.4) is 0 Å². The highest BCUT2D eigenvalue weighted by Gasteiger charge is 2.23. The van der Waals surface area contributed by atoms with E-state index < -0.39 is 0 Å². The van der Waals surface area contributed by atoms with Crippen LogP contribution in [0.4, 0.5) is 0 Å². The topological polar surface area (TPSA) is 6.48 Å². The summed E-state index contributed by atoms with van der Waals surface area (Å²) >= 11 is 0. The Hall–Kier alpha value is -0.860. The molecule has 0 N–H and O–H groups in total. The first-order valence-corrected chi connectivity index (χ1v) is 9.74. The second kappa shape index (κ2) is 10.1. The maximum Gasteiger partial charge on any atom is 0.0233 e. The van der Waals surface area contributed by atoms with E-state index in [1.54, 1.807) is 0 Å². The Morgan fingerprint density at radius 2 is 1.65 bits per heavy atom. The van der Waals surface area contributed by atoms with Crippen molar-refractivity contribution in [2.24, 2.45) is 0 Å². The van der Waals surface area contributed by atoms with Gasteiger partial charge < -0.3 is 4.90 Å². The average Bonchev–Trinajstić information content (AvgIpc) is 2.57. The quantitative estimate of drug-likeness (QED) is 0.600. The van der Waals surface area contributed by atoms with Crippen molar-refractivity contribution in [1.82, 2.24) is 9.80 Å². The molecule has 0 saturated carbocycles. The minimum atomic E-state index is 0.820. The average molecular weight is 317 g/mol. The fourth-order valence-electron chi connectivity index (χ4n) is 3.72. The van der Waals surface area contributed by atoms with Crippen molar-refractivity contribution < 1.29 is 0 Å². The van der Waals surface area contributed by atoms with Crippen LogP contribution in [0.25, 0.3) is 0 Å². The number of unbranched alkanes of at least 4 members (excludes halogenated alkanes) is 2. The molecule has 2 rings (SSSR count). The van der Waals surface area contributed by atoms with Crippen molar-refractivity contribution in [1.29, 1.82) is 0 Å². The highest BCUT2D eigenvalue weighted by molar-refractivity contribution is 5.21. The summed E-state index contributed by atoms with van der Waals surface area (Å²) < 4.78 is 0. The zero-order valence-corrected chi connectivity index (χ0v) is 15.6. The number of nitrogens with zero attached hydrogens (tertiary/aromatic N) is 2. The van der Waals surface area contributed by atoms with E-state index in [2.05, 4.69) is 54.8 Å². The van der Waals surface area contributed by atoms with Crippen LogP contribution in [-0.2, 0) is 6.54 Å². The molecule has 0 amide bonds. The van der Waals surface area contributed by atoms with Gasteiger partial charge in [0.05, 0.1) is 0 Å². The Morgan fingerprint density at radius 3 is 2.26 bits per heavy atom. The molecule has 2 nitrogen and oxygen atoms in total. The van der Waals surface area contributed by atoms with Crippen molar-refractivity contribution >= 4 is 0 Å². The molecule has 0 aliphatic carbocycles. The van der Waals surface area contributed by atoms with Crippen LogP contribution in [0.15, 0.2) is 24.3 Å². The minimum absolute atomic E-state index is 0.820. The number of hydrogen-bond donors (Lipinski definition) is 0. The first-order valence-electron chi connectivity index (χ1n) is 9.74. The van der Waals surface area contributed by atoms with Crippen molar-refractivity contribution in [2.45, 2.75) is 71.9 Å². The Morgan fingerprint density at radius 1 is 0.957 bits per heavy atom. The second-order valence-corrected chi connectivity index (χ2v) is 7.24. The fraction of sp³-hybridized carbons (Fsp3) is 0.714. The van der Waals surface area contributed by atoms with Gasteiger partial charge in [-0.3, -0.25) is 4.90 Å². The van der Waals surface area contributed by atoms with Gasteiger partial charge in [0.2, 0.25) is 0 Å². The molecule has 0 atom stereocenters. The standard InChI is InChI=1S/C21H36N2/c1-4-6-7-15-23(14-5-2)21-12-16-22(17-13-21)18-20-10-8-19(3)9-11-20/h8-11,21H,4-7,12-18H2,1-3H3. The van der Waals surface area contributed by atoms with Gasteiger partial charge in [-0.1, -0.05) is 56.5 Å². The van der Waals surface area contributed by atoms with Crippen molar-refractivity contribution in [3.8, 4) is 0 Å². The lowest BCUT2D eigenvalue weighted by Crippen LogP contribution is -2.45. The van der Waals surface area contributed by atoms with Gasteiger partial charge in [0, 0.05) is 12.6 Å². The molecule has 0 bridgehead atoms. The molecule has 1 aliphatic heterocycles. The summed E-state index contributed by atoms with van der Waals surface area (Å²) in [6.07, 6.45) is 8.06. The summed E-state index contributed by atoms with van der Waals surface area (Å²) in [4.78, 5) is 5.41. The summed E-state index contributed by atoms with van der Waals surface area (Å²) in [5, 5.41) is 0. The Labute approximate surface area is 143 Å². The number of piperidine rings is 1. The van der Waals surface area contributed by atoms with Crippen molar-refractivity contribution in [2.75, 3.05) is 26.2 Å². The molecule has 0 radical (unpaired) electrons. The van der Waals surface area contributed by atoms with Crippen LogP contribution in [0.5, 0.6) is 0 Å². The van der Waals surface area contributed by atoms with E-state index >= 15 is 0 Å². The number of hydrogen-bond acceptors (Lipinski definition) is 2. The SMILES string of the molecule is CCCCCN(CCC)C1CCN(Cc2ccc(C)cc2)CC1. The van der Waals surface area contributed by atoms with E-state index in [1.807, 2.05) is 0 Å². The van der Waals surface area contributed by atoms with E-state index in [4.69, 9.17) is 0 Å². The first kappa shape index (κ1) is 18.5. The molecular formula is C21H36N2. The molecule has 0 unspecified atom stereocenters. The predicted molar refractivity (Wildman–Crippen MR) is 101 cm³/mol. The highest BCUT2D eigenvalue weighted by atomic mass is 15.2. The lowest BCUT2D eigenvalue weighted by molar-refractivity contribution is 0.103. The first-order chi connectivity index (χ1) is 11.2. The molecule has 1 aromatic carbocycles. The van der Waals surface area contributed by atoms with E-state index in [0.29, 0.717) is 0 Å². The van der Waals surface area contributed by atoms with Gasteiger partial charge in [0.25, 0.3) is 0 Å². The highest BCUT2D eigenvalue weighted by Crippen LogP contribution is 2.19. The molecular weight excluding hydrogens is 280 g/mol. The van der Waals surface area contributed by atoms with E-state index in [9.17, 15) is 0 Å². The molecule has 1 fully saturated rings. The summed E-state index contributed by atoms with van der Waals surface area (Å²) in [6, 6.07) is 9.86. The largest absolute Gasteiger partial charge is 0.300 e. The number of likely N-dealkylation sites (tertiary alicyclic amines) is 1. The molecule has 1 heterocycles. The lowest BCUT2D eigenvalue weighted by Gasteiger charge is -2.38. The van der Waals surface area contributed by atoms with E-state index in [0.717, 1.165) is 12.6 Å². The van der Waals surface area contributed by atoms with Crippen LogP contribution in [0, 0.1) is 6.92 Å². The van der Waals surface area contributed by atoms with Gasteiger partial charge in [-0.25, -0.2) is 0 Å². The van der Waals surface area contributed by atoms with Crippen molar-refractivity contribution in [3.63, 3.8) is 0 Å². The summed E-state index contributed by atoms with van der Waals surface area (Å²) in [6.45, 7) is 13.0. The van der Waals surface area contributed by atoms with Gasteiger partial charge in [0.15, 0.2) is 0 Å². The Balaban J connectivity index is 1.77. The van der Waals surface area contributed by atoms with Crippen LogP contribution in [-0.4, -0.2) is 42.0 Å². The fourth-order valence-corrected chi connectivity index (χ4v) is 3.72. The van der Waals surface area contributed by atoms with Crippen LogP contribution >= 0.6 is 0 Å².